The zero-order valence-corrected chi connectivity index (χ0v) is 16.5. The first-order valence-electron chi connectivity index (χ1n) is 9.74. The van der Waals surface area contributed by atoms with Crippen LogP contribution in [0.2, 0.25) is 0 Å². The third-order valence-electron chi connectivity index (χ3n) is 5.86. The minimum Gasteiger partial charge on any atom is -0.352 e. The Kier molecular flexibility index (Phi) is 7.06. The van der Waals surface area contributed by atoms with Crippen LogP contribution >= 0.6 is 0 Å². The topological polar surface area (TPSA) is 70.2 Å². The van der Waals surface area contributed by atoms with Gasteiger partial charge in [-0.05, 0) is 56.1 Å². The van der Waals surface area contributed by atoms with E-state index in [2.05, 4.69) is 36.7 Å². The van der Waals surface area contributed by atoms with Crippen LogP contribution in [0.1, 0.15) is 59.8 Å². The number of urea groups is 1. The van der Waals surface area contributed by atoms with Crippen LogP contribution in [0, 0.1) is 11.3 Å². The highest BCUT2D eigenvalue weighted by Gasteiger charge is 2.32. The first kappa shape index (κ1) is 20.3. The van der Waals surface area contributed by atoms with Crippen LogP contribution in [-0.2, 0) is 4.79 Å². The van der Waals surface area contributed by atoms with Crippen molar-refractivity contribution in [2.75, 3.05) is 5.32 Å². The van der Waals surface area contributed by atoms with Crippen molar-refractivity contribution >= 4 is 17.6 Å². The van der Waals surface area contributed by atoms with Crippen molar-refractivity contribution in [1.29, 1.82) is 0 Å². The van der Waals surface area contributed by atoms with Gasteiger partial charge in [0, 0.05) is 11.7 Å². The average molecular weight is 360 g/mol. The first-order valence-corrected chi connectivity index (χ1v) is 9.74. The molecule has 5 nitrogen and oxygen atoms in total. The number of carbonyl (C=O) groups is 2. The van der Waals surface area contributed by atoms with Gasteiger partial charge in [-0.3, -0.25) is 4.79 Å². The minimum absolute atomic E-state index is 0.119. The van der Waals surface area contributed by atoms with E-state index >= 15 is 0 Å². The molecule has 1 saturated carbocycles. The molecule has 1 atom stereocenters. The van der Waals surface area contributed by atoms with Gasteiger partial charge in [-0.2, -0.15) is 0 Å². The Morgan fingerprint density at radius 1 is 1.12 bits per heavy atom. The molecule has 0 aromatic heterocycles. The molecular formula is C21H33N3O2. The van der Waals surface area contributed by atoms with E-state index in [0.717, 1.165) is 31.6 Å². The van der Waals surface area contributed by atoms with Crippen LogP contribution in [0.3, 0.4) is 0 Å². The van der Waals surface area contributed by atoms with E-state index in [1.807, 2.05) is 18.2 Å². The molecular weight excluding hydrogens is 326 g/mol. The lowest BCUT2D eigenvalue weighted by Gasteiger charge is -2.39. The molecule has 0 saturated heterocycles. The average Bonchev–Trinajstić information content (AvgIpc) is 2.62. The number of benzene rings is 1. The molecule has 5 heteroatoms. The Balaban J connectivity index is 1.75. The number of anilines is 1. The lowest BCUT2D eigenvalue weighted by molar-refractivity contribution is -0.123. The van der Waals surface area contributed by atoms with Gasteiger partial charge in [0.2, 0.25) is 5.91 Å². The first-order chi connectivity index (χ1) is 12.3. The summed E-state index contributed by atoms with van der Waals surface area (Å²) in [5.41, 5.74) is 1.08. The molecule has 3 N–H and O–H groups in total. The molecule has 1 aromatic carbocycles. The summed E-state index contributed by atoms with van der Waals surface area (Å²) in [4.78, 5) is 24.4. The van der Waals surface area contributed by atoms with E-state index in [0.29, 0.717) is 11.1 Å². The van der Waals surface area contributed by atoms with Crippen molar-refractivity contribution in [2.24, 2.45) is 11.3 Å². The molecule has 0 heterocycles. The quantitative estimate of drug-likeness (QED) is 0.708. The summed E-state index contributed by atoms with van der Waals surface area (Å²) in [5.74, 6) is 0.610. The van der Waals surface area contributed by atoms with Crippen LogP contribution in [0.5, 0.6) is 0 Å². The standard InChI is InChI=1S/C21H33N3O2/c1-5-21(3,4)16-11-13-18(14-12-16)23-19(25)15(2)22-20(26)24-17-9-7-6-8-10-17/h6-10,15-16,18H,5,11-14H2,1-4H3,(H,23,25)(H2,22,24,26). The second-order valence-electron chi connectivity index (χ2n) is 8.09. The van der Waals surface area contributed by atoms with E-state index in [1.54, 1.807) is 19.1 Å². The van der Waals surface area contributed by atoms with E-state index in [9.17, 15) is 9.59 Å². The lowest BCUT2D eigenvalue weighted by Crippen LogP contribution is -2.50. The second-order valence-corrected chi connectivity index (χ2v) is 8.09. The highest BCUT2D eigenvalue weighted by molar-refractivity contribution is 5.93. The van der Waals surface area contributed by atoms with Gasteiger partial charge in [-0.1, -0.05) is 45.4 Å². The van der Waals surface area contributed by atoms with Crippen molar-refractivity contribution in [1.82, 2.24) is 10.6 Å². The van der Waals surface area contributed by atoms with Gasteiger partial charge >= 0.3 is 6.03 Å². The van der Waals surface area contributed by atoms with Gasteiger partial charge in [0.25, 0.3) is 0 Å². The number of amides is 3. The van der Waals surface area contributed by atoms with E-state index in [-0.39, 0.29) is 18.0 Å². The van der Waals surface area contributed by atoms with Gasteiger partial charge in [0.1, 0.15) is 6.04 Å². The molecule has 144 valence electrons. The van der Waals surface area contributed by atoms with Crippen molar-refractivity contribution in [3.8, 4) is 0 Å². The van der Waals surface area contributed by atoms with Crippen molar-refractivity contribution < 1.29 is 9.59 Å². The number of para-hydroxylation sites is 1. The third-order valence-corrected chi connectivity index (χ3v) is 5.86. The Bertz CT molecular complexity index is 593. The maximum atomic E-state index is 12.4. The summed E-state index contributed by atoms with van der Waals surface area (Å²) < 4.78 is 0. The Morgan fingerprint density at radius 3 is 2.31 bits per heavy atom. The van der Waals surface area contributed by atoms with Crippen LogP contribution in [0.15, 0.2) is 30.3 Å². The van der Waals surface area contributed by atoms with Gasteiger partial charge in [-0.25, -0.2) is 4.79 Å². The van der Waals surface area contributed by atoms with Crippen LogP contribution < -0.4 is 16.0 Å². The molecule has 26 heavy (non-hydrogen) atoms. The highest BCUT2D eigenvalue weighted by Crippen LogP contribution is 2.40. The number of hydrogen-bond donors (Lipinski definition) is 3. The van der Waals surface area contributed by atoms with E-state index < -0.39 is 6.04 Å². The van der Waals surface area contributed by atoms with Crippen LogP contribution in [0.25, 0.3) is 0 Å². The fourth-order valence-electron chi connectivity index (χ4n) is 3.58. The lowest BCUT2D eigenvalue weighted by atomic mass is 9.69. The maximum absolute atomic E-state index is 12.4. The molecule has 1 aliphatic carbocycles. The highest BCUT2D eigenvalue weighted by atomic mass is 16.2. The number of rotatable bonds is 6. The Hall–Kier alpha value is -2.04. The normalized spacial score (nSPS) is 21.5. The molecule has 1 aromatic rings. The Labute approximate surface area is 157 Å². The molecule has 2 rings (SSSR count). The predicted octanol–water partition coefficient (Wildman–Crippen LogP) is 4.31. The molecule has 1 unspecified atom stereocenters. The zero-order chi connectivity index (χ0) is 19.2. The predicted molar refractivity (Wildman–Crippen MR) is 106 cm³/mol. The zero-order valence-electron chi connectivity index (χ0n) is 16.5. The molecule has 1 aliphatic rings. The van der Waals surface area contributed by atoms with Crippen molar-refractivity contribution in [2.45, 2.75) is 71.9 Å². The molecule has 3 amide bonds. The molecule has 1 fully saturated rings. The number of hydrogen-bond acceptors (Lipinski definition) is 2. The molecule has 0 bridgehead atoms. The van der Waals surface area contributed by atoms with E-state index in [4.69, 9.17) is 0 Å². The summed E-state index contributed by atoms with van der Waals surface area (Å²) in [7, 11) is 0. The molecule has 0 aliphatic heterocycles. The largest absolute Gasteiger partial charge is 0.352 e. The van der Waals surface area contributed by atoms with Gasteiger partial charge in [0.15, 0.2) is 0 Å². The number of carbonyl (C=O) groups excluding carboxylic acids is 2. The number of nitrogens with one attached hydrogen (secondary N) is 3. The fraction of sp³-hybridized carbons (Fsp3) is 0.619. The second kappa shape index (κ2) is 9.06. The minimum atomic E-state index is -0.566. The molecule has 0 radical (unpaired) electrons. The van der Waals surface area contributed by atoms with Gasteiger partial charge in [0.05, 0.1) is 0 Å². The SMILES string of the molecule is CCC(C)(C)C1CCC(NC(=O)C(C)NC(=O)Nc2ccccc2)CC1. The van der Waals surface area contributed by atoms with Crippen LogP contribution in [-0.4, -0.2) is 24.0 Å². The fourth-order valence-corrected chi connectivity index (χ4v) is 3.58. The smallest absolute Gasteiger partial charge is 0.319 e. The molecule has 0 spiro atoms. The monoisotopic (exact) mass is 359 g/mol. The van der Waals surface area contributed by atoms with Crippen molar-refractivity contribution in [3.63, 3.8) is 0 Å². The third kappa shape index (κ3) is 5.75. The van der Waals surface area contributed by atoms with Gasteiger partial charge < -0.3 is 16.0 Å². The van der Waals surface area contributed by atoms with Crippen molar-refractivity contribution in [3.05, 3.63) is 30.3 Å². The summed E-state index contributed by atoms with van der Waals surface area (Å²) in [6.07, 6.45) is 5.53. The van der Waals surface area contributed by atoms with Gasteiger partial charge in [-0.15, -0.1) is 0 Å². The Morgan fingerprint density at radius 2 is 1.73 bits per heavy atom. The summed E-state index contributed by atoms with van der Waals surface area (Å²) in [6.45, 7) is 8.65. The van der Waals surface area contributed by atoms with E-state index in [1.165, 1.54) is 6.42 Å². The van der Waals surface area contributed by atoms with Crippen LogP contribution in [0.4, 0.5) is 10.5 Å². The maximum Gasteiger partial charge on any atom is 0.319 e. The summed E-state index contributed by atoms with van der Waals surface area (Å²) in [6, 6.07) is 8.48. The summed E-state index contributed by atoms with van der Waals surface area (Å²) in [5, 5.41) is 8.52. The summed E-state index contributed by atoms with van der Waals surface area (Å²) >= 11 is 0.